The molecule has 0 heterocycles. The molecule has 0 aromatic heterocycles. The van der Waals surface area contributed by atoms with Crippen molar-refractivity contribution in [1.29, 1.82) is 0 Å². The summed E-state index contributed by atoms with van der Waals surface area (Å²) in [6.07, 6.45) is 0.998. The average Bonchev–Trinajstić information content (AvgIpc) is 2.41. The molecule has 0 saturated carbocycles. The first-order chi connectivity index (χ1) is 9.47. The number of nitrogen functional groups attached to an aromatic ring is 1. The lowest BCUT2D eigenvalue weighted by atomic mass is 10.1. The molecule has 1 aromatic carbocycles. The fourth-order valence-electron chi connectivity index (χ4n) is 2.18. The Morgan fingerprint density at radius 1 is 1.30 bits per heavy atom. The smallest absolute Gasteiger partial charge is 0.242 e. The van der Waals surface area contributed by atoms with Gasteiger partial charge < -0.3 is 16.0 Å². The van der Waals surface area contributed by atoms with Gasteiger partial charge >= 0.3 is 0 Å². The third-order valence-corrected chi connectivity index (χ3v) is 3.45. The third kappa shape index (κ3) is 4.44. The van der Waals surface area contributed by atoms with Gasteiger partial charge in [-0.1, -0.05) is 26.0 Å². The van der Waals surface area contributed by atoms with Gasteiger partial charge in [0, 0.05) is 13.1 Å². The number of nitrogens with zero attached hydrogens (tertiary/aromatic N) is 1. The van der Waals surface area contributed by atoms with Crippen LogP contribution in [0.15, 0.2) is 24.3 Å². The van der Waals surface area contributed by atoms with Gasteiger partial charge in [-0.3, -0.25) is 4.79 Å². The molecule has 20 heavy (non-hydrogen) atoms. The predicted octanol–water partition coefficient (Wildman–Crippen LogP) is 2.65. The van der Waals surface area contributed by atoms with E-state index in [0.717, 1.165) is 25.2 Å². The van der Waals surface area contributed by atoms with Crippen LogP contribution in [0.1, 0.15) is 34.1 Å². The molecule has 0 bridgehead atoms. The topological polar surface area (TPSA) is 58.4 Å². The van der Waals surface area contributed by atoms with E-state index < -0.39 is 0 Å². The van der Waals surface area contributed by atoms with Gasteiger partial charge in [-0.15, -0.1) is 0 Å². The van der Waals surface area contributed by atoms with E-state index in [1.807, 2.05) is 43.0 Å². The Bertz CT molecular complexity index is 431. The number of carbonyl (C=O) groups excluding carboxylic acids is 1. The van der Waals surface area contributed by atoms with Crippen LogP contribution in [-0.2, 0) is 4.79 Å². The van der Waals surface area contributed by atoms with E-state index >= 15 is 0 Å². The number of nitrogens with two attached hydrogens (primary N) is 1. The van der Waals surface area contributed by atoms with Crippen LogP contribution in [0.3, 0.4) is 0 Å². The molecule has 112 valence electrons. The number of hydrogen-bond acceptors (Lipinski definition) is 3. The highest BCUT2D eigenvalue weighted by atomic mass is 16.2. The molecule has 0 aliphatic rings. The molecule has 0 radical (unpaired) electrons. The van der Waals surface area contributed by atoms with Crippen LogP contribution in [0.2, 0.25) is 0 Å². The van der Waals surface area contributed by atoms with E-state index in [2.05, 4.69) is 19.2 Å². The number of anilines is 2. The standard InChI is InChI=1S/C16H27N3O/c1-5-19(15-9-7-6-8-14(15)17)13(4)16(20)18-11-10-12(2)3/h6-9,12-13H,5,10-11,17H2,1-4H3,(H,18,20). The van der Waals surface area contributed by atoms with Crippen molar-refractivity contribution in [3.63, 3.8) is 0 Å². The van der Waals surface area contributed by atoms with Gasteiger partial charge in [0.1, 0.15) is 6.04 Å². The minimum absolute atomic E-state index is 0.0516. The van der Waals surface area contributed by atoms with Gasteiger partial charge in [0.05, 0.1) is 11.4 Å². The van der Waals surface area contributed by atoms with Crippen LogP contribution >= 0.6 is 0 Å². The zero-order valence-electron chi connectivity index (χ0n) is 13.0. The quantitative estimate of drug-likeness (QED) is 0.753. The molecule has 1 rings (SSSR count). The molecule has 0 aliphatic carbocycles. The van der Waals surface area contributed by atoms with Crippen LogP contribution < -0.4 is 16.0 Å². The van der Waals surface area contributed by atoms with Crippen molar-refractivity contribution >= 4 is 17.3 Å². The molecule has 0 spiro atoms. The summed E-state index contributed by atoms with van der Waals surface area (Å²) < 4.78 is 0. The van der Waals surface area contributed by atoms with Crippen LogP contribution in [-0.4, -0.2) is 25.0 Å². The normalized spacial score (nSPS) is 12.2. The van der Waals surface area contributed by atoms with Gasteiger partial charge in [0.2, 0.25) is 5.91 Å². The van der Waals surface area contributed by atoms with Gasteiger partial charge in [-0.05, 0) is 38.3 Å². The Balaban J connectivity index is 2.70. The molecular weight excluding hydrogens is 250 g/mol. The Morgan fingerprint density at radius 3 is 2.50 bits per heavy atom. The van der Waals surface area contributed by atoms with Gasteiger partial charge in [0.15, 0.2) is 0 Å². The lowest BCUT2D eigenvalue weighted by molar-refractivity contribution is -0.122. The van der Waals surface area contributed by atoms with E-state index in [4.69, 9.17) is 5.73 Å². The predicted molar refractivity (Wildman–Crippen MR) is 85.8 cm³/mol. The third-order valence-electron chi connectivity index (χ3n) is 3.45. The summed E-state index contributed by atoms with van der Waals surface area (Å²) in [5.41, 5.74) is 7.62. The van der Waals surface area contributed by atoms with Crippen LogP contribution in [0, 0.1) is 5.92 Å². The summed E-state index contributed by atoms with van der Waals surface area (Å²) in [7, 11) is 0. The van der Waals surface area contributed by atoms with E-state index in [9.17, 15) is 4.79 Å². The Labute approximate surface area is 122 Å². The van der Waals surface area contributed by atoms with Crippen LogP contribution in [0.5, 0.6) is 0 Å². The maximum atomic E-state index is 12.2. The number of para-hydroxylation sites is 2. The summed E-state index contributed by atoms with van der Waals surface area (Å²) in [5, 5.41) is 3.00. The van der Waals surface area contributed by atoms with Gasteiger partial charge in [-0.2, -0.15) is 0 Å². The number of carbonyl (C=O) groups is 1. The number of amides is 1. The summed E-state index contributed by atoms with van der Waals surface area (Å²) >= 11 is 0. The fraction of sp³-hybridized carbons (Fsp3) is 0.562. The van der Waals surface area contributed by atoms with Crippen LogP contribution in [0.25, 0.3) is 0 Å². The molecule has 0 fully saturated rings. The summed E-state index contributed by atoms with van der Waals surface area (Å²) in [4.78, 5) is 14.2. The summed E-state index contributed by atoms with van der Waals surface area (Å²) in [6.45, 7) is 9.72. The number of benzene rings is 1. The first kappa shape index (κ1) is 16.3. The van der Waals surface area contributed by atoms with Crippen molar-refractivity contribution in [3.05, 3.63) is 24.3 Å². The highest BCUT2D eigenvalue weighted by molar-refractivity contribution is 5.86. The first-order valence-corrected chi connectivity index (χ1v) is 7.36. The molecule has 0 saturated heterocycles. The molecule has 1 unspecified atom stereocenters. The van der Waals surface area contributed by atoms with Gasteiger partial charge in [-0.25, -0.2) is 0 Å². The number of likely N-dealkylation sites (N-methyl/N-ethyl adjacent to an activating group) is 1. The SMILES string of the molecule is CCN(c1ccccc1N)C(C)C(=O)NCCC(C)C. The number of nitrogens with one attached hydrogen (secondary N) is 1. The van der Waals surface area contributed by atoms with E-state index in [-0.39, 0.29) is 11.9 Å². The van der Waals surface area contributed by atoms with Crippen molar-refractivity contribution < 1.29 is 4.79 Å². The zero-order valence-corrected chi connectivity index (χ0v) is 13.0. The largest absolute Gasteiger partial charge is 0.397 e. The molecule has 4 nitrogen and oxygen atoms in total. The highest BCUT2D eigenvalue weighted by Crippen LogP contribution is 2.24. The molecule has 0 aliphatic heterocycles. The fourth-order valence-corrected chi connectivity index (χ4v) is 2.18. The molecule has 1 aromatic rings. The second-order valence-corrected chi connectivity index (χ2v) is 5.49. The minimum Gasteiger partial charge on any atom is -0.397 e. The molecule has 4 heteroatoms. The van der Waals surface area contributed by atoms with E-state index in [1.54, 1.807) is 0 Å². The Morgan fingerprint density at radius 2 is 1.95 bits per heavy atom. The highest BCUT2D eigenvalue weighted by Gasteiger charge is 2.21. The maximum absolute atomic E-state index is 12.2. The maximum Gasteiger partial charge on any atom is 0.242 e. The van der Waals surface area contributed by atoms with Crippen molar-refractivity contribution in [2.45, 2.75) is 40.2 Å². The lowest BCUT2D eigenvalue weighted by Crippen LogP contribution is -2.45. The van der Waals surface area contributed by atoms with Crippen LogP contribution in [0.4, 0.5) is 11.4 Å². The summed E-state index contributed by atoms with van der Waals surface area (Å²) in [6, 6.07) is 7.44. The van der Waals surface area contributed by atoms with Crippen molar-refractivity contribution in [2.24, 2.45) is 5.92 Å². The van der Waals surface area contributed by atoms with E-state index in [1.165, 1.54) is 0 Å². The summed E-state index contributed by atoms with van der Waals surface area (Å²) in [5.74, 6) is 0.647. The van der Waals surface area contributed by atoms with Crippen molar-refractivity contribution in [2.75, 3.05) is 23.7 Å². The zero-order chi connectivity index (χ0) is 15.1. The average molecular weight is 277 g/mol. The molecule has 3 N–H and O–H groups in total. The van der Waals surface area contributed by atoms with E-state index in [0.29, 0.717) is 11.6 Å². The van der Waals surface area contributed by atoms with Crippen molar-refractivity contribution in [1.82, 2.24) is 5.32 Å². The van der Waals surface area contributed by atoms with Gasteiger partial charge in [0.25, 0.3) is 0 Å². The van der Waals surface area contributed by atoms with Crippen molar-refractivity contribution in [3.8, 4) is 0 Å². The minimum atomic E-state index is -0.225. The Hall–Kier alpha value is -1.71. The lowest BCUT2D eigenvalue weighted by Gasteiger charge is -2.30. The first-order valence-electron chi connectivity index (χ1n) is 7.36. The number of hydrogen-bond donors (Lipinski definition) is 2. The second kappa shape index (κ2) is 7.78. The molecular formula is C16H27N3O. The molecule has 1 amide bonds. The number of rotatable bonds is 7. The molecule has 1 atom stereocenters. The Kier molecular flexibility index (Phi) is 6.36. The second-order valence-electron chi connectivity index (χ2n) is 5.49. The monoisotopic (exact) mass is 277 g/mol.